The van der Waals surface area contributed by atoms with Crippen LogP contribution >= 0.6 is 39.3 Å². The van der Waals surface area contributed by atoms with Crippen LogP contribution in [-0.2, 0) is 16.2 Å². The summed E-state index contributed by atoms with van der Waals surface area (Å²) in [5.41, 5.74) is 1.83. The van der Waals surface area contributed by atoms with Crippen LogP contribution in [0.5, 0.6) is 11.5 Å². The highest BCUT2D eigenvalue weighted by Crippen LogP contribution is 2.35. The fraction of sp³-hybridized carbons (Fsp3) is 0.115. The van der Waals surface area contributed by atoms with Gasteiger partial charge < -0.3 is 14.8 Å². The van der Waals surface area contributed by atoms with Crippen molar-refractivity contribution in [2.24, 2.45) is 0 Å². The third-order valence-electron chi connectivity index (χ3n) is 5.17. The SMILES string of the molecule is COc1cc(/C=C2\SC(=O)N(CC(=O)Nc3ccc(Br)c(Cl)c3)C2=O)ccc1OCc1ccc(F)cc1. The van der Waals surface area contributed by atoms with Crippen molar-refractivity contribution in [2.45, 2.75) is 6.61 Å². The Morgan fingerprint density at radius 1 is 1.11 bits per heavy atom. The third-order valence-corrected chi connectivity index (χ3v) is 7.31. The maximum absolute atomic E-state index is 13.1. The molecule has 0 aliphatic carbocycles. The van der Waals surface area contributed by atoms with Gasteiger partial charge in [0.15, 0.2) is 11.5 Å². The largest absolute Gasteiger partial charge is 0.493 e. The van der Waals surface area contributed by atoms with E-state index in [-0.39, 0.29) is 17.3 Å². The van der Waals surface area contributed by atoms with Gasteiger partial charge in [0.05, 0.1) is 17.0 Å². The lowest BCUT2D eigenvalue weighted by atomic mass is 10.1. The normalized spacial score (nSPS) is 14.3. The number of carbonyl (C=O) groups excluding carboxylic acids is 3. The number of halogens is 3. The highest BCUT2D eigenvalue weighted by atomic mass is 79.9. The topological polar surface area (TPSA) is 84.9 Å². The minimum atomic E-state index is -0.574. The van der Waals surface area contributed by atoms with Crippen LogP contribution in [0.3, 0.4) is 0 Å². The molecule has 4 rings (SSSR count). The summed E-state index contributed by atoms with van der Waals surface area (Å²) < 4.78 is 25.0. The summed E-state index contributed by atoms with van der Waals surface area (Å²) in [6, 6.07) is 15.9. The number of methoxy groups -OCH3 is 1. The average molecular weight is 606 g/mol. The molecule has 1 N–H and O–H groups in total. The van der Waals surface area contributed by atoms with E-state index >= 15 is 0 Å². The maximum atomic E-state index is 13.1. The molecule has 0 aromatic heterocycles. The number of thioether (sulfide) groups is 1. The lowest BCUT2D eigenvalue weighted by Gasteiger charge is -2.13. The number of amides is 3. The van der Waals surface area contributed by atoms with Crippen LogP contribution in [0.25, 0.3) is 6.08 Å². The Labute approximate surface area is 229 Å². The average Bonchev–Trinajstić information content (AvgIpc) is 3.13. The third kappa shape index (κ3) is 6.71. The van der Waals surface area contributed by atoms with Gasteiger partial charge in [-0.15, -0.1) is 0 Å². The fourth-order valence-electron chi connectivity index (χ4n) is 3.34. The first-order valence-electron chi connectivity index (χ1n) is 10.8. The molecule has 190 valence electrons. The molecule has 0 saturated carbocycles. The Kier molecular flexibility index (Phi) is 8.52. The Morgan fingerprint density at radius 2 is 1.86 bits per heavy atom. The lowest BCUT2D eigenvalue weighted by molar-refractivity contribution is -0.127. The van der Waals surface area contributed by atoms with E-state index in [1.807, 2.05) is 0 Å². The monoisotopic (exact) mass is 604 g/mol. The first-order chi connectivity index (χ1) is 17.7. The summed E-state index contributed by atoms with van der Waals surface area (Å²) in [6.07, 6.45) is 1.55. The fourth-order valence-corrected chi connectivity index (χ4v) is 4.61. The number of nitrogens with one attached hydrogen (secondary N) is 1. The first-order valence-corrected chi connectivity index (χ1v) is 12.8. The lowest BCUT2D eigenvalue weighted by Crippen LogP contribution is -2.36. The van der Waals surface area contributed by atoms with E-state index in [2.05, 4.69) is 21.2 Å². The van der Waals surface area contributed by atoms with Gasteiger partial charge in [0.25, 0.3) is 11.1 Å². The van der Waals surface area contributed by atoms with Crippen molar-refractivity contribution in [3.63, 3.8) is 0 Å². The summed E-state index contributed by atoms with van der Waals surface area (Å²) >= 11 is 10.1. The molecule has 0 atom stereocenters. The zero-order valence-electron chi connectivity index (χ0n) is 19.3. The quantitative estimate of drug-likeness (QED) is 0.295. The van der Waals surface area contributed by atoms with Crippen molar-refractivity contribution >= 4 is 68.1 Å². The summed E-state index contributed by atoms with van der Waals surface area (Å²) in [6.45, 7) is -0.224. The van der Waals surface area contributed by atoms with Crippen molar-refractivity contribution in [2.75, 3.05) is 19.0 Å². The summed E-state index contributed by atoms with van der Waals surface area (Å²) in [5, 5.41) is 2.48. The Bertz CT molecular complexity index is 1400. The molecular formula is C26H19BrClFN2O5S. The van der Waals surface area contributed by atoms with Crippen LogP contribution in [-0.4, -0.2) is 35.6 Å². The van der Waals surface area contributed by atoms with Gasteiger partial charge >= 0.3 is 0 Å². The second-order valence-electron chi connectivity index (χ2n) is 7.77. The molecule has 1 aliphatic heterocycles. The molecule has 3 aromatic carbocycles. The van der Waals surface area contributed by atoms with Gasteiger partial charge in [-0.1, -0.05) is 29.8 Å². The van der Waals surface area contributed by atoms with Crippen molar-refractivity contribution in [1.82, 2.24) is 4.90 Å². The molecule has 1 fully saturated rings. The molecule has 3 aromatic rings. The molecule has 1 saturated heterocycles. The number of ether oxygens (including phenoxy) is 2. The van der Waals surface area contributed by atoms with Crippen molar-refractivity contribution in [3.8, 4) is 11.5 Å². The van der Waals surface area contributed by atoms with Gasteiger partial charge in [-0.3, -0.25) is 19.3 Å². The van der Waals surface area contributed by atoms with Crippen LogP contribution in [0.1, 0.15) is 11.1 Å². The Hall–Kier alpha value is -3.34. The van der Waals surface area contributed by atoms with Gasteiger partial charge in [0.1, 0.15) is 19.0 Å². The van der Waals surface area contributed by atoms with E-state index in [4.69, 9.17) is 21.1 Å². The summed E-state index contributed by atoms with van der Waals surface area (Å²) in [7, 11) is 1.48. The van der Waals surface area contributed by atoms with E-state index in [0.717, 1.165) is 22.2 Å². The number of imide groups is 1. The van der Waals surface area contributed by atoms with Crippen molar-refractivity contribution in [1.29, 1.82) is 0 Å². The predicted molar refractivity (Wildman–Crippen MR) is 144 cm³/mol. The maximum Gasteiger partial charge on any atom is 0.294 e. The van der Waals surface area contributed by atoms with Gasteiger partial charge in [0.2, 0.25) is 5.91 Å². The molecule has 37 heavy (non-hydrogen) atoms. The molecule has 3 amide bonds. The zero-order valence-corrected chi connectivity index (χ0v) is 22.5. The molecule has 11 heteroatoms. The smallest absolute Gasteiger partial charge is 0.294 e. The highest BCUT2D eigenvalue weighted by molar-refractivity contribution is 9.10. The Balaban J connectivity index is 1.42. The Morgan fingerprint density at radius 3 is 2.57 bits per heavy atom. The minimum absolute atomic E-state index is 0.173. The summed E-state index contributed by atoms with van der Waals surface area (Å²) in [4.78, 5) is 38.8. The number of anilines is 1. The number of benzene rings is 3. The molecule has 1 heterocycles. The van der Waals surface area contributed by atoms with E-state index in [1.165, 1.54) is 19.2 Å². The van der Waals surface area contributed by atoms with Crippen LogP contribution in [0, 0.1) is 5.82 Å². The van der Waals surface area contributed by atoms with E-state index in [1.54, 1.807) is 54.6 Å². The molecular weight excluding hydrogens is 587 g/mol. The van der Waals surface area contributed by atoms with Crippen LogP contribution in [0.15, 0.2) is 70.0 Å². The van der Waals surface area contributed by atoms with Crippen molar-refractivity contribution < 1.29 is 28.2 Å². The van der Waals surface area contributed by atoms with E-state index < -0.39 is 23.6 Å². The predicted octanol–water partition coefficient (Wildman–Crippen LogP) is 6.50. The standard InChI is InChI=1S/C26H19BrClFN2O5S/c1-35-22-10-16(4-9-21(22)36-14-15-2-5-17(29)6-3-15)11-23-25(33)31(26(34)37-23)13-24(32)30-18-7-8-19(27)20(28)12-18/h2-12H,13-14H2,1H3,(H,30,32)/b23-11-. The number of nitrogens with zero attached hydrogens (tertiary/aromatic N) is 1. The molecule has 0 radical (unpaired) electrons. The first kappa shape index (κ1) is 26.7. The number of hydrogen-bond acceptors (Lipinski definition) is 6. The van der Waals surface area contributed by atoms with Crippen LogP contribution in [0.4, 0.5) is 14.9 Å². The van der Waals surface area contributed by atoms with Gasteiger partial charge in [-0.25, -0.2) is 4.39 Å². The molecule has 7 nitrogen and oxygen atoms in total. The zero-order chi connectivity index (χ0) is 26.5. The molecule has 0 bridgehead atoms. The minimum Gasteiger partial charge on any atom is -0.493 e. The second kappa shape index (κ2) is 11.8. The highest BCUT2D eigenvalue weighted by Gasteiger charge is 2.36. The molecule has 0 spiro atoms. The van der Waals surface area contributed by atoms with Gasteiger partial charge in [-0.05, 0) is 87.4 Å². The van der Waals surface area contributed by atoms with E-state index in [9.17, 15) is 18.8 Å². The number of carbonyl (C=O) groups is 3. The van der Waals surface area contributed by atoms with Crippen LogP contribution < -0.4 is 14.8 Å². The number of hydrogen-bond donors (Lipinski definition) is 1. The molecule has 1 aliphatic rings. The van der Waals surface area contributed by atoms with Gasteiger partial charge in [-0.2, -0.15) is 0 Å². The molecule has 0 unspecified atom stereocenters. The summed E-state index contributed by atoms with van der Waals surface area (Å²) in [5.74, 6) is -0.560. The van der Waals surface area contributed by atoms with Crippen molar-refractivity contribution in [3.05, 3.63) is 92.0 Å². The van der Waals surface area contributed by atoms with Crippen LogP contribution in [0.2, 0.25) is 5.02 Å². The second-order valence-corrected chi connectivity index (χ2v) is 10.0. The van der Waals surface area contributed by atoms with E-state index in [0.29, 0.717) is 32.2 Å². The van der Waals surface area contributed by atoms with Gasteiger partial charge in [0, 0.05) is 10.2 Å². The number of rotatable bonds is 8.